The Hall–Kier alpha value is -0.910. The van der Waals surface area contributed by atoms with Crippen LogP contribution >= 0.6 is 0 Å². The maximum Gasteiger partial charge on any atom is 0.102 e. The molecular formula is C17H30N4O. The number of hydrogen-bond donors (Lipinski definition) is 2. The van der Waals surface area contributed by atoms with Crippen LogP contribution in [0.3, 0.4) is 0 Å². The third kappa shape index (κ3) is 3.70. The molecule has 1 saturated carbocycles. The molecule has 1 unspecified atom stereocenters. The Morgan fingerprint density at radius 3 is 2.55 bits per heavy atom. The Morgan fingerprint density at radius 1 is 1.27 bits per heavy atom. The predicted octanol–water partition coefficient (Wildman–Crippen LogP) is 1.62. The molecule has 1 aliphatic carbocycles. The van der Waals surface area contributed by atoms with Gasteiger partial charge in [0.05, 0.1) is 6.20 Å². The second-order valence-electron chi connectivity index (χ2n) is 7.31. The summed E-state index contributed by atoms with van der Waals surface area (Å²) in [5, 5.41) is 18.3. The van der Waals surface area contributed by atoms with E-state index in [2.05, 4.69) is 15.3 Å². The summed E-state index contributed by atoms with van der Waals surface area (Å²) in [7, 11) is 1.88. The summed E-state index contributed by atoms with van der Waals surface area (Å²) in [6.07, 6.45) is 11.7. The summed E-state index contributed by atoms with van der Waals surface area (Å²) in [5.74, 6) is 0. The molecule has 1 aliphatic heterocycles. The number of aryl methyl sites for hydroxylation is 1. The maximum absolute atomic E-state index is 10.6. The molecule has 1 saturated heterocycles. The minimum Gasteiger partial charge on any atom is -0.384 e. The van der Waals surface area contributed by atoms with Crippen LogP contribution < -0.4 is 5.32 Å². The van der Waals surface area contributed by atoms with E-state index < -0.39 is 5.60 Å². The van der Waals surface area contributed by atoms with Gasteiger partial charge in [0.15, 0.2) is 0 Å². The minimum atomic E-state index is -0.850. The smallest absolute Gasteiger partial charge is 0.102 e. The van der Waals surface area contributed by atoms with Gasteiger partial charge >= 0.3 is 0 Å². The fourth-order valence-electron chi connectivity index (χ4n) is 3.88. The van der Waals surface area contributed by atoms with Crippen LogP contribution in [-0.4, -0.2) is 51.5 Å². The predicted molar refractivity (Wildman–Crippen MR) is 87.6 cm³/mol. The van der Waals surface area contributed by atoms with Gasteiger partial charge in [0.2, 0.25) is 0 Å². The average Bonchev–Trinajstić information content (AvgIpc) is 3.17. The summed E-state index contributed by atoms with van der Waals surface area (Å²) in [6, 6.07) is 1.38. The van der Waals surface area contributed by atoms with Gasteiger partial charge in [-0.05, 0) is 45.7 Å². The van der Waals surface area contributed by atoms with Crippen molar-refractivity contribution < 1.29 is 5.11 Å². The number of piperidine rings is 1. The van der Waals surface area contributed by atoms with Gasteiger partial charge in [0, 0.05) is 37.4 Å². The first kappa shape index (κ1) is 16.0. The zero-order valence-corrected chi connectivity index (χ0v) is 14.0. The highest BCUT2D eigenvalue weighted by molar-refractivity contribution is 5.14. The van der Waals surface area contributed by atoms with Crippen LogP contribution in [0.4, 0.5) is 0 Å². The lowest BCUT2D eigenvalue weighted by atomic mass is 9.97. The second-order valence-corrected chi connectivity index (χ2v) is 7.31. The van der Waals surface area contributed by atoms with Crippen LogP contribution in [-0.2, 0) is 12.6 Å². The van der Waals surface area contributed by atoms with Crippen molar-refractivity contribution in [3.05, 3.63) is 18.0 Å². The Balaban J connectivity index is 1.44. The van der Waals surface area contributed by atoms with Crippen molar-refractivity contribution in [1.29, 1.82) is 0 Å². The van der Waals surface area contributed by atoms with Crippen molar-refractivity contribution >= 4 is 0 Å². The largest absolute Gasteiger partial charge is 0.384 e. The van der Waals surface area contributed by atoms with Gasteiger partial charge in [0.1, 0.15) is 5.60 Å². The number of rotatable bonds is 5. The summed E-state index contributed by atoms with van der Waals surface area (Å²) in [5.41, 5.74) is 0.0301. The van der Waals surface area contributed by atoms with E-state index in [1.807, 2.05) is 20.2 Å². The molecule has 22 heavy (non-hydrogen) atoms. The first-order valence-corrected chi connectivity index (χ1v) is 8.73. The number of aliphatic hydroxyl groups is 1. The van der Waals surface area contributed by atoms with Gasteiger partial charge in [0.25, 0.3) is 0 Å². The van der Waals surface area contributed by atoms with E-state index in [1.165, 1.54) is 51.6 Å². The number of nitrogens with zero attached hydrogens (tertiary/aromatic N) is 3. The highest BCUT2D eigenvalue weighted by Crippen LogP contribution is 2.26. The molecule has 5 heteroatoms. The lowest BCUT2D eigenvalue weighted by molar-refractivity contribution is 0.0485. The minimum absolute atomic E-state index is 0.529. The molecule has 3 rings (SSSR count). The molecule has 1 atom stereocenters. The fraction of sp³-hybridized carbons (Fsp3) is 0.824. The summed E-state index contributed by atoms with van der Waals surface area (Å²) >= 11 is 0. The van der Waals surface area contributed by atoms with Crippen molar-refractivity contribution in [3.8, 4) is 0 Å². The van der Waals surface area contributed by atoms with E-state index in [4.69, 9.17) is 0 Å². The first-order valence-electron chi connectivity index (χ1n) is 8.73. The number of hydrogen-bond acceptors (Lipinski definition) is 4. The number of likely N-dealkylation sites (tertiary alicyclic amines) is 1. The highest BCUT2D eigenvalue weighted by atomic mass is 16.3. The molecule has 0 radical (unpaired) electrons. The molecule has 2 fully saturated rings. The van der Waals surface area contributed by atoms with Gasteiger partial charge in [-0.2, -0.15) is 5.10 Å². The van der Waals surface area contributed by atoms with Crippen LogP contribution in [0.5, 0.6) is 0 Å². The second kappa shape index (κ2) is 6.69. The molecule has 124 valence electrons. The molecule has 0 aromatic carbocycles. The summed E-state index contributed by atoms with van der Waals surface area (Å²) < 4.78 is 1.74. The summed E-state index contributed by atoms with van der Waals surface area (Å²) in [4.78, 5) is 2.68. The van der Waals surface area contributed by atoms with E-state index in [1.54, 1.807) is 10.9 Å². The molecule has 2 N–H and O–H groups in total. The Labute approximate surface area is 133 Å². The van der Waals surface area contributed by atoms with Gasteiger partial charge in [-0.3, -0.25) is 4.68 Å². The molecule has 1 aromatic heterocycles. The zero-order chi connectivity index (χ0) is 15.6. The van der Waals surface area contributed by atoms with Crippen LogP contribution in [0.25, 0.3) is 0 Å². The lowest BCUT2D eigenvalue weighted by Gasteiger charge is -2.37. The third-order valence-corrected chi connectivity index (χ3v) is 5.43. The lowest BCUT2D eigenvalue weighted by Crippen LogP contribution is -2.48. The van der Waals surface area contributed by atoms with E-state index in [9.17, 15) is 5.11 Å². The number of nitrogens with one attached hydrogen (secondary N) is 1. The molecule has 2 heterocycles. The standard InChI is InChI=1S/C17H30N4O/c1-17(22,14-11-19-20(2)12-14)13-18-15-7-9-21(10-8-15)16-5-3-4-6-16/h11-12,15-16,18,22H,3-10,13H2,1-2H3. The Kier molecular flexibility index (Phi) is 4.85. The SMILES string of the molecule is Cn1cc(C(C)(O)CNC2CCN(C3CCCC3)CC2)cn1. The van der Waals surface area contributed by atoms with Gasteiger partial charge in [-0.1, -0.05) is 12.8 Å². The van der Waals surface area contributed by atoms with E-state index >= 15 is 0 Å². The molecule has 0 amide bonds. The molecule has 2 aliphatic rings. The van der Waals surface area contributed by atoms with Crippen LogP contribution in [0, 0.1) is 0 Å². The normalized spacial score (nSPS) is 24.7. The monoisotopic (exact) mass is 306 g/mol. The van der Waals surface area contributed by atoms with Crippen LogP contribution in [0.2, 0.25) is 0 Å². The van der Waals surface area contributed by atoms with E-state index in [-0.39, 0.29) is 0 Å². The van der Waals surface area contributed by atoms with Gasteiger partial charge in [-0.25, -0.2) is 0 Å². The summed E-state index contributed by atoms with van der Waals surface area (Å²) in [6.45, 7) is 4.87. The van der Waals surface area contributed by atoms with E-state index in [0.717, 1.165) is 11.6 Å². The van der Waals surface area contributed by atoms with Crippen LogP contribution in [0.15, 0.2) is 12.4 Å². The molecule has 0 bridgehead atoms. The molecule has 5 nitrogen and oxygen atoms in total. The third-order valence-electron chi connectivity index (χ3n) is 5.43. The van der Waals surface area contributed by atoms with Gasteiger partial charge in [-0.15, -0.1) is 0 Å². The van der Waals surface area contributed by atoms with Crippen molar-refractivity contribution in [2.24, 2.45) is 7.05 Å². The Morgan fingerprint density at radius 2 is 1.95 bits per heavy atom. The topological polar surface area (TPSA) is 53.3 Å². The quantitative estimate of drug-likeness (QED) is 0.868. The molecular weight excluding hydrogens is 276 g/mol. The van der Waals surface area contributed by atoms with Crippen molar-refractivity contribution in [2.45, 2.75) is 63.1 Å². The van der Waals surface area contributed by atoms with Crippen molar-refractivity contribution in [3.63, 3.8) is 0 Å². The molecule has 1 aromatic rings. The highest BCUT2D eigenvalue weighted by Gasteiger charge is 2.29. The average molecular weight is 306 g/mol. The maximum atomic E-state index is 10.6. The van der Waals surface area contributed by atoms with Gasteiger partial charge < -0.3 is 15.3 Å². The first-order chi connectivity index (χ1) is 10.5. The van der Waals surface area contributed by atoms with Crippen molar-refractivity contribution in [1.82, 2.24) is 20.0 Å². The molecule has 0 spiro atoms. The fourth-order valence-corrected chi connectivity index (χ4v) is 3.88. The van der Waals surface area contributed by atoms with Crippen molar-refractivity contribution in [2.75, 3.05) is 19.6 Å². The zero-order valence-electron chi connectivity index (χ0n) is 14.0. The Bertz CT molecular complexity index is 471. The number of aromatic nitrogens is 2. The van der Waals surface area contributed by atoms with E-state index in [0.29, 0.717) is 12.6 Å². The van der Waals surface area contributed by atoms with Crippen LogP contribution in [0.1, 0.15) is 51.0 Å².